The van der Waals surface area contributed by atoms with E-state index >= 15 is 0 Å². The average molecular weight is 411 g/mol. The summed E-state index contributed by atoms with van der Waals surface area (Å²) in [6.07, 6.45) is 3.98. The molecule has 0 aliphatic rings. The third kappa shape index (κ3) is 3.22. The summed E-state index contributed by atoms with van der Waals surface area (Å²) in [5.74, 6) is 0. The van der Waals surface area contributed by atoms with Crippen LogP contribution in [0.4, 0.5) is 0 Å². The van der Waals surface area contributed by atoms with Crippen molar-refractivity contribution in [1.82, 2.24) is 8.96 Å². The van der Waals surface area contributed by atoms with E-state index in [4.69, 9.17) is 0 Å². The van der Waals surface area contributed by atoms with Crippen LogP contribution in [0.3, 0.4) is 0 Å². The van der Waals surface area contributed by atoms with Crippen molar-refractivity contribution in [3.63, 3.8) is 0 Å². The molecule has 0 saturated heterocycles. The number of pyridine rings is 1. The zero-order chi connectivity index (χ0) is 19.7. The number of benzene rings is 2. The molecule has 28 heavy (non-hydrogen) atoms. The summed E-state index contributed by atoms with van der Waals surface area (Å²) in [6.45, 7) is 0. The zero-order valence-corrected chi connectivity index (χ0v) is 16.7. The monoisotopic (exact) mass is 410 g/mol. The lowest BCUT2D eigenvalue weighted by Crippen LogP contribution is -2.18. The van der Waals surface area contributed by atoms with Crippen LogP contribution >= 0.6 is 11.8 Å². The molecule has 0 aliphatic heterocycles. The minimum Gasteiger partial charge on any atom is -0.382 e. The Kier molecular flexibility index (Phi) is 4.97. The van der Waals surface area contributed by atoms with E-state index in [9.17, 15) is 13.5 Å². The molecule has 7 heteroatoms. The Balaban J connectivity index is 2.00. The second-order valence-corrected chi connectivity index (χ2v) is 8.93. The highest BCUT2D eigenvalue weighted by atomic mass is 32.2. The van der Waals surface area contributed by atoms with Gasteiger partial charge in [0.1, 0.15) is 6.10 Å². The summed E-state index contributed by atoms with van der Waals surface area (Å²) >= 11 is 1.58. The van der Waals surface area contributed by atoms with E-state index in [-0.39, 0.29) is 10.6 Å². The molecule has 0 saturated carbocycles. The topological polar surface area (TPSA) is 72.2 Å². The molecule has 4 rings (SSSR count). The lowest BCUT2D eigenvalue weighted by molar-refractivity contribution is 0.214. The Labute approximate surface area is 167 Å². The van der Waals surface area contributed by atoms with Gasteiger partial charge in [0.2, 0.25) is 0 Å². The molecule has 2 aromatic carbocycles. The van der Waals surface area contributed by atoms with Crippen LogP contribution < -0.4 is 0 Å². The molecule has 2 aromatic heterocycles. The Bertz CT molecular complexity index is 1220. The molecular formula is C21H18N2O3S2. The molecule has 0 fully saturated rings. The van der Waals surface area contributed by atoms with E-state index in [1.54, 1.807) is 72.6 Å². The van der Waals surface area contributed by atoms with Crippen molar-refractivity contribution in [3.8, 4) is 0 Å². The molecule has 0 aliphatic carbocycles. The third-order valence-corrected chi connectivity index (χ3v) is 7.03. The fourth-order valence-electron chi connectivity index (χ4n) is 3.18. The SMILES string of the molecule is CSc1ccc2c(c1)cc(C(O)c1cccnc1)n2S(=O)(=O)c1ccccc1. The van der Waals surface area contributed by atoms with Gasteiger partial charge in [-0.15, -0.1) is 11.8 Å². The van der Waals surface area contributed by atoms with Crippen molar-refractivity contribution >= 4 is 32.7 Å². The fourth-order valence-corrected chi connectivity index (χ4v) is 5.20. The summed E-state index contributed by atoms with van der Waals surface area (Å²) in [6, 6.07) is 19.0. The quantitative estimate of drug-likeness (QED) is 0.502. The summed E-state index contributed by atoms with van der Waals surface area (Å²) in [5.41, 5.74) is 1.34. The van der Waals surface area contributed by atoms with Gasteiger partial charge in [-0.25, -0.2) is 12.4 Å². The normalized spacial score (nSPS) is 12.9. The van der Waals surface area contributed by atoms with Gasteiger partial charge in [0, 0.05) is 28.2 Å². The minimum atomic E-state index is -3.90. The number of hydrogen-bond acceptors (Lipinski definition) is 5. The van der Waals surface area contributed by atoms with Crippen molar-refractivity contribution in [2.45, 2.75) is 15.9 Å². The van der Waals surface area contributed by atoms with Crippen LogP contribution in [0.2, 0.25) is 0 Å². The van der Waals surface area contributed by atoms with E-state index in [1.165, 1.54) is 10.2 Å². The van der Waals surface area contributed by atoms with E-state index in [0.717, 1.165) is 10.3 Å². The molecule has 1 unspecified atom stereocenters. The number of aromatic nitrogens is 2. The van der Waals surface area contributed by atoms with Crippen molar-refractivity contribution in [1.29, 1.82) is 0 Å². The highest BCUT2D eigenvalue weighted by Gasteiger charge is 2.27. The summed E-state index contributed by atoms with van der Waals surface area (Å²) in [4.78, 5) is 5.23. The molecule has 0 bridgehead atoms. The molecular weight excluding hydrogens is 392 g/mol. The third-order valence-electron chi connectivity index (χ3n) is 4.55. The number of rotatable bonds is 5. The van der Waals surface area contributed by atoms with E-state index in [2.05, 4.69) is 4.98 Å². The minimum absolute atomic E-state index is 0.168. The van der Waals surface area contributed by atoms with E-state index < -0.39 is 16.1 Å². The number of thioether (sulfide) groups is 1. The molecule has 2 heterocycles. The maximum absolute atomic E-state index is 13.5. The Morgan fingerprint density at radius 2 is 1.82 bits per heavy atom. The molecule has 1 N–H and O–H groups in total. The van der Waals surface area contributed by atoms with Crippen LogP contribution in [0, 0.1) is 0 Å². The number of nitrogens with zero attached hydrogens (tertiary/aromatic N) is 2. The average Bonchev–Trinajstić information content (AvgIpc) is 3.13. The lowest BCUT2D eigenvalue weighted by atomic mass is 10.1. The zero-order valence-electron chi connectivity index (χ0n) is 15.1. The molecule has 4 aromatic rings. The fraction of sp³-hybridized carbons (Fsp3) is 0.0952. The van der Waals surface area contributed by atoms with Crippen molar-refractivity contribution in [2.24, 2.45) is 0 Å². The predicted octanol–water partition coefficient (Wildman–Crippen LogP) is 4.08. The number of aliphatic hydroxyl groups excluding tert-OH is 1. The second kappa shape index (κ2) is 7.43. The van der Waals surface area contributed by atoms with E-state index in [1.807, 2.05) is 18.4 Å². The molecule has 142 valence electrons. The van der Waals surface area contributed by atoms with Crippen molar-refractivity contribution in [2.75, 3.05) is 6.26 Å². The molecule has 1 atom stereocenters. The first-order chi connectivity index (χ1) is 13.5. The molecule has 5 nitrogen and oxygen atoms in total. The van der Waals surface area contributed by atoms with Crippen LogP contribution in [0.1, 0.15) is 17.4 Å². The van der Waals surface area contributed by atoms with Crippen LogP contribution in [0.15, 0.2) is 88.9 Å². The van der Waals surface area contributed by atoms with Gasteiger partial charge in [-0.1, -0.05) is 24.3 Å². The number of fused-ring (bicyclic) bond motifs is 1. The van der Waals surface area contributed by atoms with Gasteiger partial charge in [0.15, 0.2) is 0 Å². The smallest absolute Gasteiger partial charge is 0.268 e. The first-order valence-corrected chi connectivity index (χ1v) is 11.3. The van der Waals surface area contributed by atoms with Gasteiger partial charge in [0.25, 0.3) is 10.0 Å². The summed E-state index contributed by atoms with van der Waals surface area (Å²) < 4.78 is 28.1. The second-order valence-electron chi connectivity index (χ2n) is 6.27. The maximum atomic E-state index is 13.5. The van der Waals surface area contributed by atoms with Crippen LogP contribution in [0.25, 0.3) is 10.9 Å². The van der Waals surface area contributed by atoms with Crippen molar-refractivity contribution in [3.05, 3.63) is 90.4 Å². The van der Waals surface area contributed by atoms with E-state index in [0.29, 0.717) is 11.1 Å². The van der Waals surface area contributed by atoms with Crippen LogP contribution in [0.5, 0.6) is 0 Å². The Morgan fingerprint density at radius 3 is 2.50 bits per heavy atom. The first kappa shape index (κ1) is 18.7. The van der Waals surface area contributed by atoms with Crippen LogP contribution in [-0.2, 0) is 10.0 Å². The van der Waals surface area contributed by atoms with Gasteiger partial charge in [0.05, 0.1) is 16.1 Å². The molecule has 0 radical (unpaired) electrons. The van der Waals surface area contributed by atoms with Gasteiger partial charge < -0.3 is 5.11 Å². The van der Waals surface area contributed by atoms with Gasteiger partial charge in [-0.3, -0.25) is 4.98 Å². The van der Waals surface area contributed by atoms with Gasteiger partial charge >= 0.3 is 0 Å². The highest BCUT2D eigenvalue weighted by molar-refractivity contribution is 7.98. The summed E-state index contributed by atoms with van der Waals surface area (Å²) in [7, 11) is -3.90. The largest absolute Gasteiger partial charge is 0.382 e. The standard InChI is InChI=1S/C21H18N2O3S2/c1-27-17-9-10-19-16(12-17)13-20(21(24)15-6-5-11-22-14-15)23(19)28(25,26)18-7-3-2-4-8-18/h2-14,21,24H,1H3. The highest BCUT2D eigenvalue weighted by Crippen LogP contribution is 2.33. The Morgan fingerprint density at radius 1 is 1.04 bits per heavy atom. The molecule has 0 spiro atoms. The molecule has 0 amide bonds. The predicted molar refractivity (Wildman–Crippen MR) is 111 cm³/mol. The van der Waals surface area contributed by atoms with Gasteiger partial charge in [-0.2, -0.15) is 0 Å². The summed E-state index contributed by atoms with van der Waals surface area (Å²) in [5, 5.41) is 11.7. The van der Waals surface area contributed by atoms with Gasteiger partial charge in [-0.05, 0) is 48.7 Å². The maximum Gasteiger partial charge on any atom is 0.268 e. The number of hydrogen-bond donors (Lipinski definition) is 1. The first-order valence-electron chi connectivity index (χ1n) is 8.60. The van der Waals surface area contributed by atoms with Crippen LogP contribution in [-0.4, -0.2) is 28.7 Å². The number of aliphatic hydroxyl groups is 1. The Hall–Kier alpha value is -2.61. The van der Waals surface area contributed by atoms with Crippen molar-refractivity contribution < 1.29 is 13.5 Å². The lowest BCUT2D eigenvalue weighted by Gasteiger charge is -2.16.